The van der Waals surface area contributed by atoms with Crippen LogP contribution in [0.1, 0.15) is 6.92 Å². The molecule has 70 valence electrons. The number of guanidine groups is 1. The van der Waals surface area contributed by atoms with Crippen molar-refractivity contribution >= 4 is 5.96 Å². The van der Waals surface area contributed by atoms with Crippen molar-refractivity contribution in [3.05, 3.63) is 0 Å². The Hall–Kier alpha value is -0.810. The number of piperazine rings is 1. The summed E-state index contributed by atoms with van der Waals surface area (Å²) in [7, 11) is 0. The first-order valence-electron chi connectivity index (χ1n) is 4.32. The van der Waals surface area contributed by atoms with Crippen LogP contribution < -0.4 is 11.2 Å². The van der Waals surface area contributed by atoms with Crippen LogP contribution in [0.3, 0.4) is 0 Å². The maximum absolute atomic E-state index is 7.69. The van der Waals surface area contributed by atoms with E-state index in [9.17, 15) is 0 Å². The van der Waals surface area contributed by atoms with E-state index in [1.54, 1.807) is 0 Å². The quantitative estimate of drug-likeness (QED) is 0.205. The monoisotopic (exact) mass is 171 g/mol. The number of rotatable bonds is 1. The van der Waals surface area contributed by atoms with Gasteiger partial charge >= 0.3 is 0 Å². The van der Waals surface area contributed by atoms with Gasteiger partial charge in [0.2, 0.25) is 5.96 Å². The van der Waals surface area contributed by atoms with Crippen molar-refractivity contribution in [1.29, 1.82) is 5.41 Å². The van der Waals surface area contributed by atoms with Gasteiger partial charge in [-0.15, -0.1) is 0 Å². The first kappa shape index (κ1) is 9.28. The van der Waals surface area contributed by atoms with E-state index in [0.29, 0.717) is 12.5 Å². The molecule has 0 aliphatic carbocycles. The maximum Gasteiger partial charge on any atom is 0.208 e. The molecule has 0 amide bonds. The van der Waals surface area contributed by atoms with Gasteiger partial charge < -0.3 is 10.2 Å². The van der Waals surface area contributed by atoms with Crippen molar-refractivity contribution in [3.8, 4) is 0 Å². The van der Waals surface area contributed by atoms with Crippen molar-refractivity contribution in [2.45, 2.75) is 6.92 Å². The topological polar surface area (TPSA) is 68.4 Å². The van der Waals surface area contributed by atoms with Gasteiger partial charge in [0.05, 0.1) is 0 Å². The van der Waals surface area contributed by atoms with E-state index in [4.69, 9.17) is 11.3 Å². The molecule has 1 rings (SSSR count). The number of nitrogens with one attached hydrogen (secondary N) is 2. The zero-order valence-corrected chi connectivity index (χ0v) is 7.51. The van der Waals surface area contributed by atoms with Crippen LogP contribution in [-0.4, -0.2) is 48.6 Å². The highest BCUT2D eigenvalue weighted by Gasteiger charge is 2.15. The molecule has 0 atom stereocenters. The minimum atomic E-state index is 0.430. The fraction of sp³-hybridized carbons (Fsp3) is 0.857. The van der Waals surface area contributed by atoms with Gasteiger partial charge in [-0.25, -0.2) is 5.84 Å². The standard InChI is InChI=1S/C7H17N5/c1-2-12(9)7(8)11-5-3-10-4-6-11/h8,10H,2-6,9H2,1H3. The molecular weight excluding hydrogens is 154 g/mol. The zero-order valence-electron chi connectivity index (χ0n) is 7.51. The SMILES string of the molecule is CCN(N)C(=N)N1CCNCC1. The van der Waals surface area contributed by atoms with Crippen LogP contribution in [0.2, 0.25) is 0 Å². The highest BCUT2D eigenvalue weighted by Crippen LogP contribution is 1.95. The average molecular weight is 171 g/mol. The Kier molecular flexibility index (Phi) is 3.31. The summed E-state index contributed by atoms with van der Waals surface area (Å²) in [5.74, 6) is 6.02. The van der Waals surface area contributed by atoms with Gasteiger partial charge in [0.25, 0.3) is 0 Å². The molecule has 0 spiro atoms. The number of hydrogen-bond donors (Lipinski definition) is 3. The summed E-state index contributed by atoms with van der Waals surface area (Å²) in [6.45, 7) is 6.28. The van der Waals surface area contributed by atoms with Crippen LogP contribution in [0.4, 0.5) is 0 Å². The molecule has 1 saturated heterocycles. The van der Waals surface area contributed by atoms with Crippen LogP contribution in [0.25, 0.3) is 0 Å². The molecule has 0 saturated carbocycles. The van der Waals surface area contributed by atoms with Crippen LogP contribution in [-0.2, 0) is 0 Å². The molecule has 5 nitrogen and oxygen atoms in total. The van der Waals surface area contributed by atoms with Gasteiger partial charge in [-0.3, -0.25) is 10.4 Å². The lowest BCUT2D eigenvalue weighted by Crippen LogP contribution is -2.53. The lowest BCUT2D eigenvalue weighted by molar-refractivity contribution is 0.295. The highest BCUT2D eigenvalue weighted by molar-refractivity contribution is 5.76. The van der Waals surface area contributed by atoms with Gasteiger partial charge in [0.15, 0.2) is 0 Å². The molecule has 1 aliphatic heterocycles. The Balaban J connectivity index is 2.39. The summed E-state index contributed by atoms with van der Waals surface area (Å²) in [6.07, 6.45) is 0. The summed E-state index contributed by atoms with van der Waals surface area (Å²) in [4.78, 5) is 1.99. The molecule has 0 bridgehead atoms. The number of hydrogen-bond acceptors (Lipinski definition) is 3. The molecule has 0 aromatic heterocycles. The Labute approximate surface area is 73.0 Å². The third-order valence-corrected chi connectivity index (χ3v) is 2.03. The van der Waals surface area contributed by atoms with E-state index >= 15 is 0 Å². The van der Waals surface area contributed by atoms with Crippen LogP contribution in [0.5, 0.6) is 0 Å². The zero-order chi connectivity index (χ0) is 8.97. The van der Waals surface area contributed by atoms with E-state index in [1.807, 2.05) is 11.8 Å². The third-order valence-electron chi connectivity index (χ3n) is 2.03. The predicted molar refractivity (Wildman–Crippen MR) is 48.7 cm³/mol. The summed E-state index contributed by atoms with van der Waals surface area (Å²) in [6, 6.07) is 0. The first-order chi connectivity index (χ1) is 5.75. The van der Waals surface area contributed by atoms with Crippen molar-refractivity contribution in [2.75, 3.05) is 32.7 Å². The molecule has 1 heterocycles. The summed E-state index contributed by atoms with van der Waals surface area (Å²) < 4.78 is 0. The van der Waals surface area contributed by atoms with Crippen molar-refractivity contribution in [2.24, 2.45) is 5.84 Å². The molecule has 1 aliphatic rings. The van der Waals surface area contributed by atoms with Crippen LogP contribution in [0, 0.1) is 5.41 Å². The smallest absolute Gasteiger partial charge is 0.208 e. The Morgan fingerprint density at radius 1 is 1.58 bits per heavy atom. The van der Waals surface area contributed by atoms with Crippen molar-refractivity contribution in [3.63, 3.8) is 0 Å². The Morgan fingerprint density at radius 2 is 2.17 bits per heavy atom. The second-order valence-corrected chi connectivity index (χ2v) is 2.85. The second kappa shape index (κ2) is 4.27. The number of hydrazine groups is 1. The van der Waals surface area contributed by atoms with Crippen molar-refractivity contribution in [1.82, 2.24) is 15.2 Å². The molecule has 0 aromatic carbocycles. The average Bonchev–Trinajstić information content (AvgIpc) is 2.17. The minimum absolute atomic E-state index is 0.430. The first-order valence-corrected chi connectivity index (χ1v) is 4.32. The molecule has 0 aromatic rings. The van der Waals surface area contributed by atoms with E-state index in [2.05, 4.69) is 5.32 Å². The van der Waals surface area contributed by atoms with E-state index < -0.39 is 0 Å². The molecule has 0 radical (unpaired) electrons. The minimum Gasteiger partial charge on any atom is -0.339 e. The Morgan fingerprint density at radius 3 is 2.67 bits per heavy atom. The van der Waals surface area contributed by atoms with Gasteiger partial charge in [0, 0.05) is 32.7 Å². The highest BCUT2D eigenvalue weighted by atomic mass is 15.5. The summed E-state index contributed by atoms with van der Waals surface area (Å²) in [5.41, 5.74) is 0. The van der Waals surface area contributed by atoms with Gasteiger partial charge in [-0.1, -0.05) is 0 Å². The molecule has 5 heteroatoms. The molecule has 1 fully saturated rings. The third kappa shape index (κ3) is 2.09. The van der Waals surface area contributed by atoms with Gasteiger partial charge in [0.1, 0.15) is 0 Å². The molecule has 0 unspecified atom stereocenters. The lowest BCUT2D eigenvalue weighted by Gasteiger charge is -2.33. The molecule has 4 N–H and O–H groups in total. The fourth-order valence-electron chi connectivity index (χ4n) is 1.21. The van der Waals surface area contributed by atoms with Gasteiger partial charge in [-0.05, 0) is 6.92 Å². The largest absolute Gasteiger partial charge is 0.339 e. The van der Waals surface area contributed by atoms with E-state index in [1.165, 1.54) is 5.01 Å². The molecular formula is C7H17N5. The number of nitrogens with two attached hydrogens (primary N) is 1. The Bertz CT molecular complexity index is 152. The van der Waals surface area contributed by atoms with Gasteiger partial charge in [-0.2, -0.15) is 0 Å². The summed E-state index contributed by atoms with van der Waals surface area (Å²) in [5, 5.41) is 12.4. The normalized spacial score (nSPS) is 17.7. The second-order valence-electron chi connectivity index (χ2n) is 2.85. The predicted octanol–water partition coefficient (Wildman–Crippen LogP) is -0.978. The number of nitrogens with zero attached hydrogens (tertiary/aromatic N) is 2. The van der Waals surface area contributed by atoms with E-state index in [-0.39, 0.29) is 0 Å². The maximum atomic E-state index is 7.69. The van der Waals surface area contributed by atoms with Crippen LogP contribution in [0.15, 0.2) is 0 Å². The fourth-order valence-corrected chi connectivity index (χ4v) is 1.21. The van der Waals surface area contributed by atoms with E-state index in [0.717, 1.165) is 26.2 Å². The molecule has 12 heavy (non-hydrogen) atoms. The summed E-state index contributed by atoms with van der Waals surface area (Å²) >= 11 is 0. The van der Waals surface area contributed by atoms with Crippen molar-refractivity contribution < 1.29 is 0 Å². The van der Waals surface area contributed by atoms with Crippen LogP contribution >= 0.6 is 0 Å². The lowest BCUT2D eigenvalue weighted by atomic mass is 10.4.